The van der Waals surface area contributed by atoms with E-state index in [2.05, 4.69) is 24.8 Å². The smallest absolute Gasteiger partial charge is 0.443 e. The van der Waals surface area contributed by atoms with Crippen molar-refractivity contribution < 1.29 is 37.9 Å². The molecule has 0 aliphatic carbocycles. The van der Waals surface area contributed by atoms with Gasteiger partial charge in [-0.2, -0.15) is 22.5 Å². The second kappa shape index (κ2) is 8.84. The Morgan fingerprint density at radius 2 is 2.09 bits per heavy atom. The van der Waals surface area contributed by atoms with Crippen molar-refractivity contribution in [3.8, 4) is 0 Å². The molecule has 18 heteroatoms. The van der Waals surface area contributed by atoms with Gasteiger partial charge in [-0.3, -0.25) is 14.5 Å². The van der Waals surface area contributed by atoms with E-state index in [1.807, 2.05) is 0 Å². The molecular formula is C16H12F3N7O5S3. The molecule has 5 N–H and O–H groups in total. The summed E-state index contributed by atoms with van der Waals surface area (Å²) in [5.74, 6) is -3.41. The maximum Gasteiger partial charge on any atom is 0.443 e. The normalized spacial score (nSPS) is 20.7. The number of halogens is 3. The number of β-lactam (4-membered cyclic amide) rings is 1. The standard InChI is InChI=1S/C16H12F3N7O5S3/c17-16(18,19)14-21-6(3-32-14)33-5-2-1-4-7(12(28)26(4)9(5)13(29)30)22-11(27)8(24-31)10-23-15(20)34-25-10/h3-4,7,31H,1-2H2,(H,22,27)(H,29,30)(H2,20,23,25)/b24-8-/t4-,7?/m1/s1. The first-order valence-corrected chi connectivity index (χ1v) is 11.6. The van der Waals surface area contributed by atoms with Crippen LogP contribution in [0.3, 0.4) is 0 Å². The maximum absolute atomic E-state index is 12.8. The molecule has 1 fully saturated rings. The highest BCUT2D eigenvalue weighted by atomic mass is 32.2. The van der Waals surface area contributed by atoms with Crippen molar-refractivity contribution in [2.45, 2.75) is 36.1 Å². The van der Waals surface area contributed by atoms with E-state index in [0.29, 0.717) is 11.3 Å². The van der Waals surface area contributed by atoms with Crippen LogP contribution in [0.15, 0.2) is 26.2 Å². The van der Waals surface area contributed by atoms with Crippen LogP contribution in [0.1, 0.15) is 23.7 Å². The fourth-order valence-corrected chi connectivity index (χ4v) is 5.69. The number of fused-ring (bicyclic) bond motifs is 1. The molecule has 12 nitrogen and oxygen atoms in total. The molecule has 4 heterocycles. The summed E-state index contributed by atoms with van der Waals surface area (Å²) >= 11 is 1.88. The number of carboxylic acids is 1. The summed E-state index contributed by atoms with van der Waals surface area (Å²) in [5.41, 5.74) is 4.48. The SMILES string of the molecule is Nc1nc(/C(=N/O)C(=O)NC2C(=O)N3C(C(=O)O)=C(Sc4csc(C(F)(F)F)n4)CC[C@H]23)ns1. The average Bonchev–Trinajstić information content (AvgIpc) is 3.41. The number of nitrogens with one attached hydrogen (secondary N) is 1. The number of rotatable bonds is 6. The van der Waals surface area contributed by atoms with Crippen molar-refractivity contribution in [1.82, 2.24) is 24.6 Å². The van der Waals surface area contributed by atoms with Crippen LogP contribution < -0.4 is 11.1 Å². The summed E-state index contributed by atoms with van der Waals surface area (Å²) in [5, 5.41) is 24.1. The van der Waals surface area contributed by atoms with Crippen molar-refractivity contribution in [2.75, 3.05) is 5.73 Å². The number of alkyl halides is 3. The zero-order valence-corrected chi connectivity index (χ0v) is 18.9. The molecule has 1 saturated heterocycles. The molecule has 2 aromatic rings. The summed E-state index contributed by atoms with van der Waals surface area (Å²) in [7, 11) is 0. The zero-order chi connectivity index (χ0) is 24.8. The Hall–Kier alpha value is -3.25. The number of thioether (sulfide) groups is 1. The van der Waals surface area contributed by atoms with Crippen molar-refractivity contribution in [3.05, 3.63) is 26.8 Å². The molecule has 2 amide bonds. The molecule has 4 rings (SSSR count). The van der Waals surface area contributed by atoms with Gasteiger partial charge >= 0.3 is 12.1 Å². The Bertz CT molecular complexity index is 1240. The predicted octanol–water partition coefficient (Wildman–Crippen LogP) is 1.35. The number of nitrogens with zero attached hydrogens (tertiary/aromatic N) is 5. The van der Waals surface area contributed by atoms with Gasteiger partial charge in [0.25, 0.3) is 11.8 Å². The highest BCUT2D eigenvalue weighted by molar-refractivity contribution is 8.03. The topological polar surface area (TPSA) is 184 Å². The lowest BCUT2D eigenvalue weighted by atomic mass is 9.86. The number of carbonyl (C=O) groups excluding carboxylic acids is 2. The van der Waals surface area contributed by atoms with Crippen LogP contribution in [-0.2, 0) is 20.6 Å². The number of hydrogen-bond acceptors (Lipinski definition) is 12. The van der Waals surface area contributed by atoms with Gasteiger partial charge in [0.15, 0.2) is 10.1 Å². The van der Waals surface area contributed by atoms with Crippen molar-refractivity contribution in [3.63, 3.8) is 0 Å². The summed E-state index contributed by atoms with van der Waals surface area (Å²) in [6.45, 7) is 0. The van der Waals surface area contributed by atoms with Gasteiger partial charge in [-0.05, 0) is 12.8 Å². The van der Waals surface area contributed by atoms with Crippen molar-refractivity contribution >= 4 is 63.3 Å². The third-order valence-corrected chi connectivity index (χ3v) is 7.44. The number of nitrogen functional groups attached to an aromatic ring is 1. The number of oxime groups is 1. The molecule has 2 aliphatic heterocycles. The van der Waals surface area contributed by atoms with Crippen LogP contribution in [-0.4, -0.2) is 65.1 Å². The van der Waals surface area contributed by atoms with Crippen LogP contribution >= 0.6 is 34.6 Å². The monoisotopic (exact) mass is 535 g/mol. The van der Waals surface area contributed by atoms with Gasteiger partial charge in [-0.1, -0.05) is 16.9 Å². The van der Waals surface area contributed by atoms with Crippen LogP contribution in [0, 0.1) is 0 Å². The number of carbonyl (C=O) groups is 3. The molecule has 0 saturated carbocycles. The van der Waals surface area contributed by atoms with E-state index in [1.54, 1.807) is 0 Å². The number of hydrogen-bond donors (Lipinski definition) is 4. The molecule has 0 bridgehead atoms. The first-order chi connectivity index (χ1) is 16.0. The molecule has 2 aromatic heterocycles. The quantitative estimate of drug-likeness (QED) is 0.182. The van der Waals surface area contributed by atoms with E-state index >= 15 is 0 Å². The van der Waals surface area contributed by atoms with Gasteiger partial charge in [0.1, 0.15) is 16.8 Å². The van der Waals surface area contributed by atoms with E-state index in [-0.39, 0.29) is 39.4 Å². The lowest BCUT2D eigenvalue weighted by Gasteiger charge is -2.49. The molecular weight excluding hydrogens is 523 g/mol. The van der Waals surface area contributed by atoms with Gasteiger partial charge in [0.2, 0.25) is 11.5 Å². The van der Waals surface area contributed by atoms with Gasteiger partial charge in [-0.25, -0.2) is 9.78 Å². The van der Waals surface area contributed by atoms with Gasteiger partial charge in [-0.15, -0.1) is 11.3 Å². The Labute approximate surface area is 199 Å². The van der Waals surface area contributed by atoms with E-state index < -0.39 is 46.8 Å². The molecule has 2 aliphatic rings. The summed E-state index contributed by atoms with van der Waals surface area (Å²) in [6, 6.07) is -1.83. The fraction of sp³-hybridized carbons (Fsp3) is 0.312. The van der Waals surface area contributed by atoms with Crippen LogP contribution in [0.25, 0.3) is 0 Å². The second-order valence-corrected chi connectivity index (χ2v) is 9.59. The Morgan fingerprint density at radius 1 is 1.35 bits per heavy atom. The van der Waals surface area contributed by atoms with E-state index in [9.17, 15) is 32.7 Å². The van der Waals surface area contributed by atoms with E-state index in [0.717, 1.165) is 33.6 Å². The van der Waals surface area contributed by atoms with Gasteiger partial charge in [0, 0.05) is 21.8 Å². The molecule has 0 spiro atoms. The molecule has 2 atom stereocenters. The highest BCUT2D eigenvalue weighted by Gasteiger charge is 2.54. The molecule has 0 radical (unpaired) electrons. The first kappa shape index (κ1) is 23.9. The minimum atomic E-state index is -4.62. The minimum Gasteiger partial charge on any atom is -0.477 e. The van der Waals surface area contributed by atoms with Crippen LogP contribution in [0.2, 0.25) is 0 Å². The summed E-state index contributed by atoms with van der Waals surface area (Å²) in [6.07, 6.45) is -4.28. The third-order valence-electron chi connectivity index (χ3n) is 4.80. The summed E-state index contributed by atoms with van der Waals surface area (Å²) < 4.78 is 42.2. The number of amides is 2. The third kappa shape index (κ3) is 4.30. The van der Waals surface area contributed by atoms with Crippen molar-refractivity contribution in [1.29, 1.82) is 0 Å². The number of anilines is 1. The number of carboxylic acid groups (broad SMARTS) is 1. The molecule has 0 aromatic carbocycles. The lowest BCUT2D eigenvalue weighted by Crippen LogP contribution is -2.72. The van der Waals surface area contributed by atoms with Gasteiger partial charge < -0.3 is 21.4 Å². The largest absolute Gasteiger partial charge is 0.477 e. The van der Waals surface area contributed by atoms with Crippen LogP contribution in [0.4, 0.5) is 18.3 Å². The minimum absolute atomic E-state index is 0.0193. The molecule has 34 heavy (non-hydrogen) atoms. The molecule has 180 valence electrons. The fourth-order valence-electron chi connectivity index (χ4n) is 3.42. The predicted molar refractivity (Wildman–Crippen MR) is 112 cm³/mol. The van der Waals surface area contributed by atoms with E-state index in [1.165, 1.54) is 0 Å². The van der Waals surface area contributed by atoms with Gasteiger partial charge in [0.05, 0.1) is 6.04 Å². The van der Waals surface area contributed by atoms with E-state index in [4.69, 9.17) is 10.9 Å². The average molecular weight is 536 g/mol. The number of aromatic nitrogens is 3. The number of thiazole rings is 1. The Morgan fingerprint density at radius 3 is 2.65 bits per heavy atom. The number of aliphatic carboxylic acids is 1. The number of nitrogens with two attached hydrogens (primary N) is 1. The molecule has 1 unspecified atom stereocenters. The Kier molecular flexibility index (Phi) is 6.21. The Balaban J connectivity index is 1.52. The van der Waals surface area contributed by atoms with Crippen LogP contribution in [0.5, 0.6) is 0 Å². The summed E-state index contributed by atoms with van der Waals surface area (Å²) in [4.78, 5) is 45.5. The van der Waals surface area contributed by atoms with Crippen molar-refractivity contribution in [2.24, 2.45) is 5.16 Å². The number of allylic oxidation sites excluding steroid dienone is 1. The highest BCUT2D eigenvalue weighted by Crippen LogP contribution is 2.44. The lowest BCUT2D eigenvalue weighted by molar-refractivity contribution is -0.155. The first-order valence-electron chi connectivity index (χ1n) is 9.13. The zero-order valence-electron chi connectivity index (χ0n) is 16.4. The second-order valence-electron chi connectivity index (χ2n) is 6.84. The maximum atomic E-state index is 12.8.